The summed E-state index contributed by atoms with van der Waals surface area (Å²) in [5.41, 5.74) is 4.40. The molecule has 1 amide bonds. The van der Waals surface area contributed by atoms with E-state index >= 15 is 0 Å². The first-order valence-electron chi connectivity index (χ1n) is 10.3. The number of hydrogen-bond acceptors (Lipinski definition) is 5. The molecule has 0 fully saturated rings. The fourth-order valence-corrected chi connectivity index (χ4v) is 3.85. The highest BCUT2D eigenvalue weighted by molar-refractivity contribution is 6.04. The largest absolute Gasteiger partial charge is 0.320 e. The normalized spacial score (nSPS) is 13.6. The standard InChI is InChI=1S/C23H22N6O/c1-15-10-11-16(22-28-27-21-9-3-2-6-12-29(21)22)13-19(15)26-23(30)20-14-24-17-7-4-5-8-18(17)25-20/h4-5,7-8,10-11,13-14H,2-3,6,9,12H2,1H3,(H,26,30). The average molecular weight is 398 g/mol. The van der Waals surface area contributed by atoms with Crippen LogP contribution >= 0.6 is 0 Å². The highest BCUT2D eigenvalue weighted by atomic mass is 16.1. The molecule has 3 heterocycles. The maximum Gasteiger partial charge on any atom is 0.275 e. The van der Waals surface area contributed by atoms with E-state index in [2.05, 4.69) is 30.0 Å². The monoisotopic (exact) mass is 398 g/mol. The molecule has 0 aliphatic carbocycles. The molecule has 2 aromatic carbocycles. The smallest absolute Gasteiger partial charge is 0.275 e. The van der Waals surface area contributed by atoms with Crippen LogP contribution in [0.15, 0.2) is 48.7 Å². The van der Waals surface area contributed by atoms with Gasteiger partial charge in [-0.2, -0.15) is 0 Å². The molecule has 4 aromatic rings. The van der Waals surface area contributed by atoms with Crippen LogP contribution in [0.3, 0.4) is 0 Å². The van der Waals surface area contributed by atoms with Crippen LogP contribution in [0.25, 0.3) is 22.4 Å². The third kappa shape index (κ3) is 3.43. The molecule has 30 heavy (non-hydrogen) atoms. The summed E-state index contributed by atoms with van der Waals surface area (Å²) in [4.78, 5) is 21.6. The second kappa shape index (κ2) is 7.67. The quantitative estimate of drug-likeness (QED) is 0.560. The Labute approximate surface area is 174 Å². The molecule has 0 spiro atoms. The number of hydrogen-bond donors (Lipinski definition) is 1. The molecule has 1 aliphatic heterocycles. The molecule has 1 N–H and O–H groups in total. The number of para-hydroxylation sites is 2. The van der Waals surface area contributed by atoms with Gasteiger partial charge < -0.3 is 9.88 Å². The molecule has 7 heteroatoms. The molecule has 2 aromatic heterocycles. The molecule has 150 valence electrons. The summed E-state index contributed by atoms with van der Waals surface area (Å²) in [6.07, 6.45) is 5.97. The molecule has 0 unspecified atom stereocenters. The first kappa shape index (κ1) is 18.4. The van der Waals surface area contributed by atoms with Gasteiger partial charge in [-0.05, 0) is 43.5 Å². The van der Waals surface area contributed by atoms with Crippen LogP contribution in [0.4, 0.5) is 5.69 Å². The van der Waals surface area contributed by atoms with Gasteiger partial charge in [0.2, 0.25) is 0 Å². The lowest BCUT2D eigenvalue weighted by molar-refractivity contribution is 0.102. The lowest BCUT2D eigenvalue weighted by Gasteiger charge is -2.12. The molecule has 1 aliphatic rings. The Hall–Kier alpha value is -3.61. The Bertz CT molecular complexity index is 1250. The van der Waals surface area contributed by atoms with Crippen LogP contribution in [0.1, 0.15) is 41.1 Å². The van der Waals surface area contributed by atoms with Crippen LogP contribution in [-0.4, -0.2) is 30.6 Å². The van der Waals surface area contributed by atoms with Crippen molar-refractivity contribution in [1.29, 1.82) is 0 Å². The second-order valence-electron chi connectivity index (χ2n) is 7.63. The highest BCUT2D eigenvalue weighted by Gasteiger charge is 2.17. The Morgan fingerprint density at radius 3 is 2.80 bits per heavy atom. The van der Waals surface area contributed by atoms with Gasteiger partial charge in [0, 0.05) is 24.2 Å². The van der Waals surface area contributed by atoms with Crippen molar-refractivity contribution in [2.75, 3.05) is 5.32 Å². The maximum atomic E-state index is 12.8. The summed E-state index contributed by atoms with van der Waals surface area (Å²) in [5.74, 6) is 1.61. The number of carbonyl (C=O) groups excluding carboxylic acids is 1. The van der Waals surface area contributed by atoms with Crippen LogP contribution in [0.5, 0.6) is 0 Å². The molecular weight excluding hydrogens is 376 g/mol. The summed E-state index contributed by atoms with van der Waals surface area (Å²) >= 11 is 0. The summed E-state index contributed by atoms with van der Waals surface area (Å²) < 4.78 is 2.21. The number of benzene rings is 2. The van der Waals surface area contributed by atoms with Gasteiger partial charge in [0.1, 0.15) is 11.5 Å². The average Bonchev–Trinajstić information content (AvgIpc) is 3.03. The fourth-order valence-electron chi connectivity index (χ4n) is 3.85. The molecule has 0 saturated heterocycles. The molecule has 0 saturated carbocycles. The van der Waals surface area contributed by atoms with Crippen LogP contribution in [0, 0.1) is 6.92 Å². The number of nitrogens with zero attached hydrogens (tertiary/aromatic N) is 5. The van der Waals surface area contributed by atoms with Gasteiger partial charge in [0.15, 0.2) is 5.82 Å². The first-order chi connectivity index (χ1) is 14.7. The van der Waals surface area contributed by atoms with E-state index in [0.717, 1.165) is 59.8 Å². The molecule has 7 nitrogen and oxygen atoms in total. The van der Waals surface area contributed by atoms with Gasteiger partial charge in [-0.1, -0.05) is 30.7 Å². The number of aryl methyl sites for hydroxylation is 2. The van der Waals surface area contributed by atoms with Gasteiger partial charge in [0.05, 0.1) is 17.2 Å². The molecule has 5 rings (SSSR count). The van der Waals surface area contributed by atoms with E-state index in [1.54, 1.807) is 0 Å². The van der Waals surface area contributed by atoms with Crippen molar-refractivity contribution in [3.63, 3.8) is 0 Å². The first-order valence-corrected chi connectivity index (χ1v) is 10.3. The van der Waals surface area contributed by atoms with E-state index in [1.165, 1.54) is 12.6 Å². The van der Waals surface area contributed by atoms with Crippen molar-refractivity contribution in [3.05, 3.63) is 65.7 Å². The number of nitrogens with one attached hydrogen (secondary N) is 1. The molecule has 0 radical (unpaired) electrons. The minimum atomic E-state index is -0.284. The van der Waals surface area contributed by atoms with Gasteiger partial charge >= 0.3 is 0 Å². The van der Waals surface area contributed by atoms with Crippen molar-refractivity contribution in [2.24, 2.45) is 0 Å². The van der Waals surface area contributed by atoms with Crippen LogP contribution in [0.2, 0.25) is 0 Å². The SMILES string of the molecule is Cc1ccc(-c2nnc3n2CCCCC3)cc1NC(=O)c1cnc2ccccc2n1. The lowest BCUT2D eigenvalue weighted by Crippen LogP contribution is -2.15. The van der Waals surface area contributed by atoms with E-state index < -0.39 is 0 Å². The van der Waals surface area contributed by atoms with Crippen molar-refractivity contribution in [1.82, 2.24) is 24.7 Å². The number of carbonyl (C=O) groups is 1. The van der Waals surface area contributed by atoms with Crippen molar-refractivity contribution in [2.45, 2.75) is 39.2 Å². The lowest BCUT2D eigenvalue weighted by atomic mass is 10.1. The molecule has 0 bridgehead atoms. The zero-order chi connectivity index (χ0) is 20.5. The van der Waals surface area contributed by atoms with Gasteiger partial charge in [-0.15, -0.1) is 10.2 Å². The minimum absolute atomic E-state index is 0.284. The van der Waals surface area contributed by atoms with Gasteiger partial charge in [-0.25, -0.2) is 4.98 Å². The summed E-state index contributed by atoms with van der Waals surface area (Å²) in [6.45, 7) is 2.90. The molecular formula is C23H22N6O. The third-order valence-electron chi connectivity index (χ3n) is 5.53. The number of rotatable bonds is 3. The Kier molecular flexibility index (Phi) is 4.71. The van der Waals surface area contributed by atoms with E-state index in [9.17, 15) is 4.79 Å². The van der Waals surface area contributed by atoms with E-state index in [4.69, 9.17) is 0 Å². The van der Waals surface area contributed by atoms with E-state index in [-0.39, 0.29) is 11.6 Å². The number of aromatic nitrogens is 5. The van der Waals surface area contributed by atoms with E-state index in [0.29, 0.717) is 5.52 Å². The molecule has 0 atom stereocenters. The zero-order valence-corrected chi connectivity index (χ0v) is 16.8. The Balaban J connectivity index is 1.45. The van der Waals surface area contributed by atoms with Crippen molar-refractivity contribution < 1.29 is 4.79 Å². The van der Waals surface area contributed by atoms with E-state index in [1.807, 2.05) is 49.4 Å². The predicted octanol–water partition coefficient (Wildman–Crippen LogP) is 4.18. The summed E-state index contributed by atoms with van der Waals surface area (Å²) in [5, 5.41) is 11.8. The number of amides is 1. The van der Waals surface area contributed by atoms with Crippen molar-refractivity contribution in [3.8, 4) is 11.4 Å². The maximum absolute atomic E-state index is 12.8. The summed E-state index contributed by atoms with van der Waals surface area (Å²) in [6, 6.07) is 13.5. The topological polar surface area (TPSA) is 85.6 Å². The van der Waals surface area contributed by atoms with Gasteiger partial charge in [-0.3, -0.25) is 9.78 Å². The van der Waals surface area contributed by atoms with Crippen LogP contribution < -0.4 is 5.32 Å². The highest BCUT2D eigenvalue weighted by Crippen LogP contribution is 2.27. The fraction of sp³-hybridized carbons (Fsp3) is 0.261. The zero-order valence-electron chi connectivity index (χ0n) is 16.8. The van der Waals surface area contributed by atoms with Crippen molar-refractivity contribution >= 4 is 22.6 Å². The van der Waals surface area contributed by atoms with Gasteiger partial charge in [0.25, 0.3) is 5.91 Å². The Morgan fingerprint density at radius 2 is 1.90 bits per heavy atom. The number of fused-ring (bicyclic) bond motifs is 2. The number of anilines is 1. The predicted molar refractivity (Wildman–Crippen MR) is 115 cm³/mol. The summed E-state index contributed by atoms with van der Waals surface area (Å²) in [7, 11) is 0. The second-order valence-corrected chi connectivity index (χ2v) is 7.63. The Morgan fingerprint density at radius 1 is 1.03 bits per heavy atom. The minimum Gasteiger partial charge on any atom is -0.320 e. The van der Waals surface area contributed by atoms with Crippen LogP contribution in [-0.2, 0) is 13.0 Å². The third-order valence-corrected chi connectivity index (χ3v) is 5.53.